The van der Waals surface area contributed by atoms with Gasteiger partial charge >= 0.3 is 0 Å². The lowest BCUT2D eigenvalue weighted by atomic mass is 9.85. The van der Waals surface area contributed by atoms with E-state index in [1.54, 1.807) is 16.0 Å². The van der Waals surface area contributed by atoms with E-state index in [1.165, 1.54) is 5.56 Å². The van der Waals surface area contributed by atoms with Crippen molar-refractivity contribution in [2.24, 2.45) is 0 Å². The number of ketones is 1. The van der Waals surface area contributed by atoms with Crippen LogP contribution in [0.15, 0.2) is 30.3 Å². The molecule has 0 unspecified atom stereocenters. The molecule has 1 amide bonds. The van der Waals surface area contributed by atoms with Gasteiger partial charge in [0.2, 0.25) is 5.91 Å². The maximum Gasteiger partial charge on any atom is 0.226 e. The first-order valence-electron chi connectivity index (χ1n) is 9.49. The zero-order valence-corrected chi connectivity index (χ0v) is 17.3. The van der Waals surface area contributed by atoms with Gasteiger partial charge in [-0.25, -0.2) is 4.68 Å². The Morgan fingerprint density at radius 1 is 1.29 bits per heavy atom. The van der Waals surface area contributed by atoms with Crippen LogP contribution in [-0.4, -0.2) is 21.5 Å². The van der Waals surface area contributed by atoms with Gasteiger partial charge in [-0.05, 0) is 51.0 Å². The molecular weight excluding hydrogens is 370 g/mol. The highest BCUT2D eigenvalue weighted by Gasteiger charge is 2.37. The van der Waals surface area contributed by atoms with E-state index in [0.29, 0.717) is 11.4 Å². The van der Waals surface area contributed by atoms with Crippen LogP contribution in [-0.2, 0) is 11.2 Å². The fourth-order valence-electron chi connectivity index (χ4n) is 3.93. The number of anilines is 1. The molecule has 5 nitrogen and oxygen atoms in total. The van der Waals surface area contributed by atoms with Crippen LogP contribution in [0.2, 0.25) is 0 Å². The molecule has 0 saturated heterocycles. The third-order valence-electron chi connectivity index (χ3n) is 5.29. The van der Waals surface area contributed by atoms with Crippen LogP contribution in [0.3, 0.4) is 0 Å². The smallest absolute Gasteiger partial charge is 0.226 e. The monoisotopic (exact) mass is 393 g/mol. The number of thiophene rings is 1. The third-order valence-corrected chi connectivity index (χ3v) is 6.25. The number of benzene rings is 1. The van der Waals surface area contributed by atoms with Gasteiger partial charge in [0.25, 0.3) is 0 Å². The Morgan fingerprint density at radius 2 is 2.07 bits per heavy atom. The Labute approximate surface area is 168 Å². The molecule has 1 atom stereocenters. The average molecular weight is 394 g/mol. The molecule has 4 rings (SSSR count). The Morgan fingerprint density at radius 3 is 2.75 bits per heavy atom. The minimum absolute atomic E-state index is 0.00269. The highest BCUT2D eigenvalue weighted by Crippen LogP contribution is 2.39. The van der Waals surface area contributed by atoms with E-state index in [-0.39, 0.29) is 18.1 Å². The summed E-state index contributed by atoms with van der Waals surface area (Å²) in [4.78, 5) is 27.9. The van der Waals surface area contributed by atoms with E-state index in [4.69, 9.17) is 0 Å². The van der Waals surface area contributed by atoms with Gasteiger partial charge in [0.1, 0.15) is 5.82 Å². The minimum Gasteiger partial charge on any atom is -0.310 e. The predicted molar refractivity (Wildman–Crippen MR) is 112 cm³/mol. The Balaban J connectivity index is 1.83. The lowest BCUT2D eigenvalue weighted by Crippen LogP contribution is -2.28. The number of aryl methyl sites for hydroxylation is 4. The molecule has 0 saturated carbocycles. The number of rotatable bonds is 4. The largest absolute Gasteiger partial charge is 0.310 e. The summed E-state index contributed by atoms with van der Waals surface area (Å²) >= 11 is 1.61. The van der Waals surface area contributed by atoms with E-state index >= 15 is 0 Å². The number of aromatic nitrogens is 2. The maximum atomic E-state index is 13.3. The molecule has 3 heterocycles. The molecule has 1 aliphatic heterocycles. The van der Waals surface area contributed by atoms with Crippen molar-refractivity contribution in [3.8, 4) is 5.69 Å². The van der Waals surface area contributed by atoms with E-state index in [0.717, 1.165) is 33.1 Å². The maximum absolute atomic E-state index is 13.3. The number of Topliss-reactive ketones (excluding diaryl/α,β-unsaturated/α-hetero) is 1. The lowest BCUT2D eigenvalue weighted by Gasteiger charge is -2.23. The summed E-state index contributed by atoms with van der Waals surface area (Å²) in [5.41, 5.74) is 4.40. The third kappa shape index (κ3) is 3.07. The number of hydrogen-bond donors (Lipinski definition) is 1. The second kappa shape index (κ2) is 7.02. The van der Waals surface area contributed by atoms with Crippen molar-refractivity contribution >= 4 is 28.8 Å². The van der Waals surface area contributed by atoms with Gasteiger partial charge in [0.05, 0.1) is 17.3 Å². The molecule has 1 aliphatic rings. The fraction of sp³-hybridized carbons (Fsp3) is 0.318. The first kappa shape index (κ1) is 18.6. The van der Waals surface area contributed by atoms with E-state index < -0.39 is 5.92 Å². The van der Waals surface area contributed by atoms with Gasteiger partial charge in [-0.15, -0.1) is 11.3 Å². The summed E-state index contributed by atoms with van der Waals surface area (Å²) < 4.78 is 1.76. The highest BCUT2D eigenvalue weighted by atomic mass is 32.1. The molecular formula is C22H23N3O2S. The van der Waals surface area contributed by atoms with Gasteiger partial charge < -0.3 is 5.32 Å². The second-order valence-electron chi connectivity index (χ2n) is 7.28. The summed E-state index contributed by atoms with van der Waals surface area (Å²) in [5.74, 6) is -0.0318. The number of nitrogens with one attached hydrogen (secondary N) is 1. The summed E-state index contributed by atoms with van der Waals surface area (Å²) in [6, 6.07) is 10.0. The SMILES string of the molecule is CCc1cccc(-n2nc(C)c3c2NC(=O)C[C@H]3C(=O)c2cc(C)sc2C)c1. The molecule has 3 aromatic rings. The molecule has 1 aromatic carbocycles. The number of fused-ring (bicyclic) bond motifs is 1. The molecule has 28 heavy (non-hydrogen) atoms. The van der Waals surface area contributed by atoms with Crippen molar-refractivity contribution < 1.29 is 9.59 Å². The fourth-order valence-corrected chi connectivity index (χ4v) is 4.86. The van der Waals surface area contributed by atoms with Gasteiger partial charge in [-0.2, -0.15) is 5.10 Å². The summed E-state index contributed by atoms with van der Waals surface area (Å²) in [6.45, 7) is 7.96. The molecule has 0 spiro atoms. The summed E-state index contributed by atoms with van der Waals surface area (Å²) in [5, 5.41) is 7.63. The van der Waals surface area contributed by atoms with Crippen LogP contribution in [0, 0.1) is 20.8 Å². The van der Waals surface area contributed by atoms with Crippen LogP contribution < -0.4 is 5.32 Å². The zero-order chi connectivity index (χ0) is 20.0. The van der Waals surface area contributed by atoms with Gasteiger partial charge in [0, 0.05) is 27.3 Å². The van der Waals surface area contributed by atoms with Crippen molar-refractivity contribution in [2.45, 2.75) is 46.5 Å². The quantitative estimate of drug-likeness (QED) is 0.652. The molecule has 0 fully saturated rings. The summed E-state index contributed by atoms with van der Waals surface area (Å²) in [7, 11) is 0. The number of nitrogens with zero attached hydrogens (tertiary/aromatic N) is 2. The molecule has 0 aliphatic carbocycles. The van der Waals surface area contributed by atoms with E-state index in [9.17, 15) is 9.59 Å². The Kier molecular flexibility index (Phi) is 4.67. The summed E-state index contributed by atoms with van der Waals surface area (Å²) in [6.07, 6.45) is 1.07. The van der Waals surface area contributed by atoms with Crippen molar-refractivity contribution in [1.82, 2.24) is 9.78 Å². The van der Waals surface area contributed by atoms with Crippen LogP contribution in [0.1, 0.15) is 56.2 Å². The first-order chi connectivity index (χ1) is 13.4. The van der Waals surface area contributed by atoms with Crippen molar-refractivity contribution in [1.29, 1.82) is 0 Å². The molecule has 2 aromatic heterocycles. The van der Waals surface area contributed by atoms with Crippen molar-refractivity contribution in [2.75, 3.05) is 5.32 Å². The standard InChI is InChI=1S/C22H23N3O2S/c1-5-15-7-6-8-16(10-15)25-22-20(13(3)24-25)18(11-19(26)23-22)21(27)17-9-12(2)28-14(17)4/h6-10,18H,5,11H2,1-4H3,(H,23,26)/t18-/m1/s1. The second-order valence-corrected chi connectivity index (χ2v) is 8.74. The van der Waals surface area contributed by atoms with E-state index in [1.807, 2.05) is 39.0 Å². The normalized spacial score (nSPS) is 16.0. The molecule has 144 valence electrons. The lowest BCUT2D eigenvalue weighted by molar-refractivity contribution is -0.116. The van der Waals surface area contributed by atoms with Crippen LogP contribution in [0.25, 0.3) is 5.69 Å². The molecule has 1 N–H and O–H groups in total. The van der Waals surface area contributed by atoms with Crippen LogP contribution in [0.4, 0.5) is 5.82 Å². The number of amides is 1. The first-order valence-corrected chi connectivity index (χ1v) is 10.3. The Bertz CT molecular complexity index is 1090. The number of carbonyl (C=O) groups excluding carboxylic acids is 2. The minimum atomic E-state index is -0.500. The van der Waals surface area contributed by atoms with Crippen molar-refractivity contribution in [3.05, 3.63) is 62.5 Å². The van der Waals surface area contributed by atoms with Gasteiger partial charge in [-0.3, -0.25) is 9.59 Å². The van der Waals surface area contributed by atoms with Crippen LogP contribution >= 0.6 is 11.3 Å². The highest BCUT2D eigenvalue weighted by molar-refractivity contribution is 7.12. The zero-order valence-electron chi connectivity index (χ0n) is 16.5. The Hall–Kier alpha value is -2.73. The molecule has 0 bridgehead atoms. The molecule has 0 radical (unpaired) electrons. The number of carbonyl (C=O) groups is 2. The predicted octanol–water partition coefficient (Wildman–Crippen LogP) is 4.73. The van der Waals surface area contributed by atoms with Crippen LogP contribution in [0.5, 0.6) is 0 Å². The number of hydrogen-bond acceptors (Lipinski definition) is 4. The topological polar surface area (TPSA) is 64.0 Å². The molecule has 6 heteroatoms. The van der Waals surface area contributed by atoms with Crippen molar-refractivity contribution in [3.63, 3.8) is 0 Å². The van der Waals surface area contributed by atoms with Gasteiger partial charge in [-0.1, -0.05) is 19.1 Å². The van der Waals surface area contributed by atoms with Gasteiger partial charge in [0.15, 0.2) is 5.78 Å². The average Bonchev–Trinajstić information content (AvgIpc) is 3.19. The van der Waals surface area contributed by atoms with E-state index in [2.05, 4.69) is 29.5 Å².